The summed E-state index contributed by atoms with van der Waals surface area (Å²) in [6, 6.07) is 0. The van der Waals surface area contributed by atoms with Crippen LogP contribution in [0.2, 0.25) is 0 Å². The second-order valence-electron chi connectivity index (χ2n) is 6.68. The first-order valence-electron chi connectivity index (χ1n) is 6.85. The highest BCUT2D eigenvalue weighted by Crippen LogP contribution is 2.26. The molecule has 1 saturated heterocycles. The summed E-state index contributed by atoms with van der Waals surface area (Å²) in [6.45, 7) is 9.75. The Bertz CT molecular complexity index is 278. The minimum absolute atomic E-state index is 0.0208. The van der Waals surface area contributed by atoms with Gasteiger partial charge in [0.1, 0.15) is 6.10 Å². The lowest BCUT2D eigenvalue weighted by Crippen LogP contribution is -2.45. The molecule has 0 saturated carbocycles. The highest BCUT2D eigenvalue weighted by Gasteiger charge is 2.30. The summed E-state index contributed by atoms with van der Waals surface area (Å²) < 4.78 is 0. The molecule has 1 rings (SSSR count). The SMILES string of the molecule is CC(S)C1CCN(C(=O)[C@H](O)CC(C)(C)C)CC1. The largest absolute Gasteiger partial charge is 0.383 e. The van der Waals surface area contributed by atoms with Crippen molar-refractivity contribution in [3.8, 4) is 0 Å². The van der Waals surface area contributed by atoms with Gasteiger partial charge in [-0.3, -0.25) is 4.79 Å². The zero-order valence-corrected chi connectivity index (χ0v) is 12.9. The van der Waals surface area contributed by atoms with Crippen LogP contribution in [-0.2, 0) is 4.79 Å². The molecule has 0 bridgehead atoms. The maximum absolute atomic E-state index is 12.1. The fraction of sp³-hybridized carbons (Fsp3) is 0.929. The lowest BCUT2D eigenvalue weighted by atomic mass is 9.88. The molecule has 0 aromatic rings. The van der Waals surface area contributed by atoms with Crippen molar-refractivity contribution in [1.82, 2.24) is 4.90 Å². The molecule has 106 valence electrons. The molecule has 2 atom stereocenters. The van der Waals surface area contributed by atoms with Gasteiger partial charge in [-0.25, -0.2) is 0 Å². The van der Waals surface area contributed by atoms with E-state index < -0.39 is 6.10 Å². The van der Waals surface area contributed by atoms with Gasteiger partial charge in [-0.2, -0.15) is 12.6 Å². The van der Waals surface area contributed by atoms with E-state index in [-0.39, 0.29) is 11.3 Å². The third-order valence-electron chi connectivity index (χ3n) is 3.62. The Kier molecular flexibility index (Phi) is 5.53. The van der Waals surface area contributed by atoms with Gasteiger partial charge in [-0.05, 0) is 30.6 Å². The van der Waals surface area contributed by atoms with Gasteiger partial charge in [-0.15, -0.1) is 0 Å². The first kappa shape index (κ1) is 15.8. The third-order valence-corrected chi connectivity index (χ3v) is 4.05. The Morgan fingerprint density at radius 3 is 2.28 bits per heavy atom. The quantitative estimate of drug-likeness (QED) is 0.775. The Hall–Kier alpha value is -0.220. The summed E-state index contributed by atoms with van der Waals surface area (Å²) in [4.78, 5) is 13.9. The van der Waals surface area contributed by atoms with E-state index in [1.54, 1.807) is 0 Å². The Balaban J connectivity index is 2.45. The van der Waals surface area contributed by atoms with Crippen molar-refractivity contribution in [2.75, 3.05) is 13.1 Å². The molecule has 3 nitrogen and oxygen atoms in total. The molecular weight excluding hydrogens is 246 g/mol. The topological polar surface area (TPSA) is 40.5 Å². The van der Waals surface area contributed by atoms with Crippen LogP contribution in [0.3, 0.4) is 0 Å². The maximum atomic E-state index is 12.1. The van der Waals surface area contributed by atoms with E-state index in [1.807, 2.05) is 25.7 Å². The number of hydrogen-bond donors (Lipinski definition) is 2. The molecule has 4 heteroatoms. The minimum Gasteiger partial charge on any atom is -0.383 e. The number of aliphatic hydroxyl groups excluding tert-OH is 1. The summed E-state index contributed by atoms with van der Waals surface area (Å²) in [6.07, 6.45) is 1.67. The highest BCUT2D eigenvalue weighted by molar-refractivity contribution is 7.80. The number of rotatable bonds is 3. The van der Waals surface area contributed by atoms with Crippen LogP contribution in [0.25, 0.3) is 0 Å². The Morgan fingerprint density at radius 2 is 1.89 bits per heavy atom. The fourth-order valence-corrected chi connectivity index (χ4v) is 2.78. The lowest BCUT2D eigenvalue weighted by molar-refractivity contribution is -0.143. The normalized spacial score (nSPS) is 21.8. The molecule has 0 aromatic carbocycles. The zero-order valence-electron chi connectivity index (χ0n) is 12.0. The Morgan fingerprint density at radius 1 is 1.39 bits per heavy atom. The molecule has 1 aliphatic rings. The number of thiol groups is 1. The lowest BCUT2D eigenvalue weighted by Gasteiger charge is -2.35. The van der Waals surface area contributed by atoms with E-state index in [1.165, 1.54) is 0 Å². The number of nitrogens with zero attached hydrogens (tertiary/aromatic N) is 1. The van der Waals surface area contributed by atoms with Crippen LogP contribution in [0.5, 0.6) is 0 Å². The van der Waals surface area contributed by atoms with Gasteiger partial charge >= 0.3 is 0 Å². The number of carbonyl (C=O) groups is 1. The monoisotopic (exact) mass is 273 g/mol. The van der Waals surface area contributed by atoms with Gasteiger partial charge in [0.2, 0.25) is 0 Å². The van der Waals surface area contributed by atoms with Crippen molar-refractivity contribution in [2.24, 2.45) is 11.3 Å². The van der Waals surface area contributed by atoms with Crippen molar-refractivity contribution in [3.05, 3.63) is 0 Å². The molecule has 0 aliphatic carbocycles. The van der Waals surface area contributed by atoms with Crippen LogP contribution in [0.15, 0.2) is 0 Å². The van der Waals surface area contributed by atoms with Gasteiger partial charge in [-0.1, -0.05) is 27.7 Å². The van der Waals surface area contributed by atoms with Crippen molar-refractivity contribution >= 4 is 18.5 Å². The van der Waals surface area contributed by atoms with Crippen molar-refractivity contribution < 1.29 is 9.90 Å². The van der Waals surface area contributed by atoms with Crippen molar-refractivity contribution in [3.63, 3.8) is 0 Å². The average molecular weight is 273 g/mol. The number of amides is 1. The van der Waals surface area contributed by atoms with E-state index in [9.17, 15) is 9.90 Å². The van der Waals surface area contributed by atoms with E-state index in [4.69, 9.17) is 0 Å². The fourth-order valence-electron chi connectivity index (χ4n) is 2.48. The van der Waals surface area contributed by atoms with E-state index in [2.05, 4.69) is 19.6 Å². The van der Waals surface area contributed by atoms with Gasteiger partial charge in [0.15, 0.2) is 0 Å². The van der Waals surface area contributed by atoms with Crippen LogP contribution < -0.4 is 0 Å². The molecule has 0 aromatic heterocycles. The summed E-state index contributed by atoms with van der Waals surface area (Å²) in [5, 5.41) is 10.4. The smallest absolute Gasteiger partial charge is 0.251 e. The molecule has 1 heterocycles. The number of hydrogen-bond acceptors (Lipinski definition) is 3. The molecule has 0 radical (unpaired) electrons. The van der Waals surface area contributed by atoms with Crippen LogP contribution in [0, 0.1) is 11.3 Å². The van der Waals surface area contributed by atoms with Crippen LogP contribution in [0.4, 0.5) is 0 Å². The van der Waals surface area contributed by atoms with Gasteiger partial charge in [0, 0.05) is 18.3 Å². The number of likely N-dealkylation sites (tertiary alicyclic amines) is 1. The number of aliphatic hydroxyl groups is 1. The van der Waals surface area contributed by atoms with Crippen molar-refractivity contribution in [2.45, 2.75) is 58.3 Å². The summed E-state index contributed by atoms with van der Waals surface area (Å²) in [5.74, 6) is 0.493. The molecular formula is C14H27NO2S. The van der Waals surface area contributed by atoms with E-state index in [0.717, 1.165) is 25.9 Å². The van der Waals surface area contributed by atoms with Gasteiger partial charge in [0.05, 0.1) is 0 Å². The first-order chi connectivity index (χ1) is 8.20. The summed E-state index contributed by atoms with van der Waals surface area (Å²) in [5.41, 5.74) is -0.0208. The molecule has 1 aliphatic heterocycles. The predicted molar refractivity (Wildman–Crippen MR) is 77.8 cm³/mol. The first-order valence-corrected chi connectivity index (χ1v) is 7.37. The second kappa shape index (κ2) is 6.29. The van der Waals surface area contributed by atoms with Crippen LogP contribution in [0.1, 0.15) is 47.0 Å². The minimum atomic E-state index is -0.852. The number of piperidine rings is 1. The zero-order chi connectivity index (χ0) is 13.9. The average Bonchev–Trinajstić information content (AvgIpc) is 2.26. The van der Waals surface area contributed by atoms with Gasteiger partial charge < -0.3 is 10.0 Å². The predicted octanol–water partition coefficient (Wildman–Crippen LogP) is 2.34. The molecule has 1 N–H and O–H groups in total. The van der Waals surface area contributed by atoms with Crippen LogP contribution in [-0.4, -0.2) is 40.4 Å². The molecule has 1 amide bonds. The third kappa shape index (κ3) is 4.81. The molecule has 18 heavy (non-hydrogen) atoms. The van der Waals surface area contributed by atoms with Crippen molar-refractivity contribution in [1.29, 1.82) is 0 Å². The summed E-state index contributed by atoms with van der Waals surface area (Å²) >= 11 is 4.47. The van der Waals surface area contributed by atoms with Gasteiger partial charge in [0.25, 0.3) is 5.91 Å². The summed E-state index contributed by atoms with van der Waals surface area (Å²) in [7, 11) is 0. The molecule has 0 spiro atoms. The number of carbonyl (C=O) groups excluding carboxylic acids is 1. The second-order valence-corrected chi connectivity index (χ2v) is 7.50. The maximum Gasteiger partial charge on any atom is 0.251 e. The molecule has 1 unspecified atom stereocenters. The Labute approximate surface area is 116 Å². The molecule has 1 fully saturated rings. The standard InChI is InChI=1S/C14H27NO2S/c1-10(18)11-5-7-15(8-6-11)13(17)12(16)9-14(2,3)4/h10-12,16,18H,5-9H2,1-4H3/t10?,12-/m1/s1. The van der Waals surface area contributed by atoms with E-state index >= 15 is 0 Å². The highest BCUT2D eigenvalue weighted by atomic mass is 32.1. The van der Waals surface area contributed by atoms with Crippen LogP contribution >= 0.6 is 12.6 Å². The van der Waals surface area contributed by atoms with E-state index in [0.29, 0.717) is 17.6 Å².